The number of likely N-dealkylation sites (tertiary alicyclic amines) is 3. The smallest absolute Gasteiger partial charge is 0.254 e. The van der Waals surface area contributed by atoms with Gasteiger partial charge in [0.1, 0.15) is 12.4 Å². The zero-order valence-electron chi connectivity index (χ0n) is 20.7. The highest BCUT2D eigenvalue weighted by Gasteiger charge is 2.31. The van der Waals surface area contributed by atoms with Crippen LogP contribution in [0.1, 0.15) is 71.2 Å². The average Bonchev–Trinajstić information content (AvgIpc) is 3.60. The third-order valence-electron chi connectivity index (χ3n) is 7.66. The summed E-state index contributed by atoms with van der Waals surface area (Å²) in [6.45, 7) is 6.35. The predicted octanol–water partition coefficient (Wildman–Crippen LogP) is 4.59. The number of hydrogen-bond acceptors (Lipinski definition) is 4. The van der Waals surface area contributed by atoms with Gasteiger partial charge in [0.2, 0.25) is 0 Å². The van der Waals surface area contributed by atoms with Crippen LogP contribution in [0.5, 0.6) is 5.75 Å². The highest BCUT2D eigenvalue weighted by molar-refractivity contribution is 5.95. The minimum atomic E-state index is 0.123. The minimum absolute atomic E-state index is 0.123. The quantitative estimate of drug-likeness (QED) is 0.588. The van der Waals surface area contributed by atoms with Crippen LogP contribution in [-0.4, -0.2) is 71.8 Å². The highest BCUT2D eigenvalue weighted by atomic mass is 16.5. The molecule has 0 saturated carbocycles. The van der Waals surface area contributed by atoms with Crippen LogP contribution in [0.15, 0.2) is 48.5 Å². The summed E-state index contributed by atoms with van der Waals surface area (Å²) < 4.78 is 5.95. The molecule has 6 nitrogen and oxygen atoms in total. The van der Waals surface area contributed by atoms with Gasteiger partial charge in [0.25, 0.3) is 11.8 Å². The maximum absolute atomic E-state index is 13.2. The number of ether oxygens (including phenoxy) is 1. The molecular weight excluding hydrogens is 438 g/mol. The molecule has 0 spiro atoms. The van der Waals surface area contributed by atoms with E-state index < -0.39 is 0 Å². The third kappa shape index (κ3) is 5.87. The number of rotatable bonds is 7. The van der Waals surface area contributed by atoms with Crippen LogP contribution in [0.3, 0.4) is 0 Å². The summed E-state index contributed by atoms with van der Waals surface area (Å²) >= 11 is 0. The van der Waals surface area contributed by atoms with Gasteiger partial charge in [-0.15, -0.1) is 0 Å². The van der Waals surface area contributed by atoms with Crippen molar-refractivity contribution in [3.8, 4) is 5.75 Å². The Bertz CT molecular complexity index is 993. The number of amides is 2. The molecule has 3 fully saturated rings. The zero-order valence-corrected chi connectivity index (χ0v) is 20.7. The van der Waals surface area contributed by atoms with Gasteiger partial charge in [-0.2, -0.15) is 0 Å². The van der Waals surface area contributed by atoms with Crippen molar-refractivity contribution in [2.45, 2.75) is 57.6 Å². The Kier molecular flexibility index (Phi) is 7.67. The first-order valence-electron chi connectivity index (χ1n) is 13.3. The first-order chi connectivity index (χ1) is 17.2. The van der Waals surface area contributed by atoms with Crippen LogP contribution in [-0.2, 0) is 6.61 Å². The van der Waals surface area contributed by atoms with Crippen LogP contribution >= 0.6 is 0 Å². The summed E-state index contributed by atoms with van der Waals surface area (Å²) in [4.78, 5) is 32.3. The second kappa shape index (κ2) is 11.3. The van der Waals surface area contributed by atoms with Gasteiger partial charge in [0.15, 0.2) is 0 Å². The average molecular weight is 476 g/mol. The summed E-state index contributed by atoms with van der Waals surface area (Å²) in [6, 6.07) is 15.6. The molecule has 0 radical (unpaired) electrons. The van der Waals surface area contributed by atoms with Crippen LogP contribution < -0.4 is 4.74 Å². The highest BCUT2D eigenvalue weighted by Crippen LogP contribution is 2.24. The Hall–Kier alpha value is -2.86. The lowest BCUT2D eigenvalue weighted by molar-refractivity contribution is 0.0705. The van der Waals surface area contributed by atoms with Gasteiger partial charge >= 0.3 is 0 Å². The van der Waals surface area contributed by atoms with E-state index in [0.717, 1.165) is 74.3 Å². The van der Waals surface area contributed by atoms with E-state index in [1.54, 1.807) is 0 Å². The van der Waals surface area contributed by atoms with Gasteiger partial charge in [-0.1, -0.05) is 12.1 Å². The lowest BCUT2D eigenvalue weighted by atomic mass is 10.1. The number of carbonyl (C=O) groups is 2. The molecule has 0 unspecified atom stereocenters. The van der Waals surface area contributed by atoms with Gasteiger partial charge in [0.05, 0.1) is 0 Å². The third-order valence-corrected chi connectivity index (χ3v) is 7.66. The van der Waals surface area contributed by atoms with E-state index in [-0.39, 0.29) is 11.8 Å². The lowest BCUT2D eigenvalue weighted by Gasteiger charge is -2.28. The Morgan fingerprint density at radius 2 is 1.34 bits per heavy atom. The van der Waals surface area contributed by atoms with E-state index in [9.17, 15) is 9.59 Å². The first-order valence-corrected chi connectivity index (χ1v) is 13.3. The topological polar surface area (TPSA) is 53.1 Å². The van der Waals surface area contributed by atoms with Crippen LogP contribution in [0.4, 0.5) is 0 Å². The number of piperidine rings is 1. The predicted molar refractivity (Wildman–Crippen MR) is 137 cm³/mol. The Balaban J connectivity index is 1.13. The normalized spacial score (nSPS) is 20.9. The number of carbonyl (C=O) groups excluding carboxylic acids is 2. The van der Waals surface area contributed by atoms with Gasteiger partial charge in [0, 0.05) is 43.3 Å². The Labute approximate surface area is 208 Å². The summed E-state index contributed by atoms with van der Waals surface area (Å²) in [6.07, 6.45) is 8.16. The van der Waals surface area contributed by atoms with E-state index in [2.05, 4.69) is 9.80 Å². The Morgan fingerprint density at radius 1 is 0.714 bits per heavy atom. The molecule has 3 aliphatic rings. The van der Waals surface area contributed by atoms with E-state index in [1.165, 1.54) is 32.4 Å². The van der Waals surface area contributed by atoms with Gasteiger partial charge in [-0.25, -0.2) is 0 Å². The molecule has 2 amide bonds. The van der Waals surface area contributed by atoms with Gasteiger partial charge < -0.3 is 19.4 Å². The van der Waals surface area contributed by atoms with E-state index >= 15 is 0 Å². The summed E-state index contributed by atoms with van der Waals surface area (Å²) in [5.74, 6) is 0.996. The fourth-order valence-electron chi connectivity index (χ4n) is 5.61. The second-order valence-corrected chi connectivity index (χ2v) is 10.2. The molecule has 2 aromatic carbocycles. The minimum Gasteiger partial charge on any atom is -0.489 e. The van der Waals surface area contributed by atoms with Crippen LogP contribution in [0.25, 0.3) is 0 Å². The van der Waals surface area contributed by atoms with Crippen molar-refractivity contribution >= 4 is 11.8 Å². The number of hydrogen-bond donors (Lipinski definition) is 0. The molecule has 6 heteroatoms. The Morgan fingerprint density at radius 3 is 2.06 bits per heavy atom. The number of benzene rings is 2. The summed E-state index contributed by atoms with van der Waals surface area (Å²) in [5, 5.41) is 0. The zero-order chi connectivity index (χ0) is 24.0. The van der Waals surface area contributed by atoms with Crippen molar-refractivity contribution in [2.24, 2.45) is 0 Å². The van der Waals surface area contributed by atoms with E-state index in [1.807, 2.05) is 53.4 Å². The molecule has 5 rings (SSSR count). The van der Waals surface area contributed by atoms with Crippen LogP contribution in [0.2, 0.25) is 0 Å². The molecule has 186 valence electrons. The maximum atomic E-state index is 13.2. The largest absolute Gasteiger partial charge is 0.489 e. The molecule has 0 aromatic heterocycles. The molecule has 1 atom stereocenters. The molecule has 0 N–H and O–H groups in total. The molecule has 3 heterocycles. The summed E-state index contributed by atoms with van der Waals surface area (Å²) in [5.41, 5.74) is 2.48. The second-order valence-electron chi connectivity index (χ2n) is 10.2. The molecule has 0 aliphatic carbocycles. The van der Waals surface area contributed by atoms with Gasteiger partial charge in [-0.3, -0.25) is 9.59 Å². The summed E-state index contributed by atoms with van der Waals surface area (Å²) in [7, 11) is 0. The van der Waals surface area contributed by atoms with Crippen molar-refractivity contribution in [2.75, 3.05) is 39.3 Å². The van der Waals surface area contributed by atoms with Crippen molar-refractivity contribution in [1.82, 2.24) is 14.7 Å². The van der Waals surface area contributed by atoms with Crippen LogP contribution in [0, 0.1) is 0 Å². The van der Waals surface area contributed by atoms with Gasteiger partial charge in [-0.05, 0) is 100.0 Å². The van der Waals surface area contributed by atoms with E-state index in [4.69, 9.17) is 4.74 Å². The monoisotopic (exact) mass is 475 g/mol. The van der Waals surface area contributed by atoms with Crippen molar-refractivity contribution in [3.05, 3.63) is 65.2 Å². The van der Waals surface area contributed by atoms with Crippen molar-refractivity contribution in [1.29, 1.82) is 0 Å². The fraction of sp³-hybridized carbons (Fsp3) is 0.517. The van der Waals surface area contributed by atoms with Crippen molar-refractivity contribution < 1.29 is 14.3 Å². The molecule has 3 aliphatic heterocycles. The molecular formula is C29H37N3O3. The fourth-order valence-corrected chi connectivity index (χ4v) is 5.61. The first kappa shape index (κ1) is 23.9. The molecule has 0 bridgehead atoms. The van der Waals surface area contributed by atoms with E-state index in [0.29, 0.717) is 12.6 Å². The SMILES string of the molecule is O=C(c1ccc(COc2ccc(C(=O)N3CCC[C@H]3CN3CCCC3)cc2)cc1)N1CCCCC1. The standard InChI is InChI=1S/C29H37N3O3/c33-28(31-18-2-1-3-19-31)24-10-8-23(9-11-24)22-35-27-14-12-25(13-15-27)29(34)32-20-6-7-26(32)21-30-16-4-5-17-30/h8-15,26H,1-7,16-22H2/t26-/m0/s1. The number of nitrogens with zero attached hydrogens (tertiary/aromatic N) is 3. The maximum Gasteiger partial charge on any atom is 0.254 e. The molecule has 3 saturated heterocycles. The molecule has 35 heavy (non-hydrogen) atoms. The lowest BCUT2D eigenvalue weighted by Crippen LogP contribution is -2.42. The van der Waals surface area contributed by atoms with Crippen molar-refractivity contribution in [3.63, 3.8) is 0 Å². The molecule has 2 aromatic rings.